The number of carbonyl (C=O) groups excluding carboxylic acids is 1. The van der Waals surface area contributed by atoms with Gasteiger partial charge in [0.25, 0.3) is 0 Å². The minimum absolute atomic E-state index is 0.0123. The summed E-state index contributed by atoms with van der Waals surface area (Å²) in [6.45, 7) is -0.337. The molecule has 26 heavy (non-hydrogen) atoms. The molecule has 1 aromatic carbocycles. The summed E-state index contributed by atoms with van der Waals surface area (Å²) in [4.78, 5) is 13.5. The normalized spacial score (nSPS) is 41.5. The molecule has 5 fully saturated rings. The highest BCUT2D eigenvalue weighted by Gasteiger charge is 2.74. The lowest BCUT2D eigenvalue weighted by molar-refractivity contribution is -0.138. The Balaban J connectivity index is 1.49. The number of hydrogen-bond donors (Lipinski definition) is 1. The van der Waals surface area contributed by atoms with Crippen LogP contribution in [0.5, 0.6) is 0 Å². The van der Waals surface area contributed by atoms with Crippen LogP contribution in [-0.4, -0.2) is 18.6 Å². The van der Waals surface area contributed by atoms with Crippen LogP contribution in [0.25, 0.3) is 0 Å². The summed E-state index contributed by atoms with van der Waals surface area (Å²) in [5, 5.41) is 3.39. The van der Waals surface area contributed by atoms with E-state index in [1.807, 2.05) is 6.07 Å². The molecule has 2 nitrogen and oxygen atoms in total. The van der Waals surface area contributed by atoms with Gasteiger partial charge in [-0.05, 0) is 61.8 Å². The van der Waals surface area contributed by atoms with E-state index in [1.54, 1.807) is 0 Å². The van der Waals surface area contributed by atoms with Gasteiger partial charge in [-0.25, -0.2) is 0 Å². The number of rotatable bonds is 4. The maximum Gasteiger partial charge on any atom is 0.227 e. The van der Waals surface area contributed by atoms with Gasteiger partial charge in [-0.1, -0.05) is 49.6 Å². The average Bonchev–Trinajstić information content (AvgIpc) is 3.03. The van der Waals surface area contributed by atoms with Crippen molar-refractivity contribution in [1.82, 2.24) is 5.32 Å². The molecular weight excluding hydrogens is 325 g/mol. The van der Waals surface area contributed by atoms with Crippen LogP contribution in [0.1, 0.15) is 69.8 Å². The molecule has 6 rings (SSSR count). The Bertz CT molecular complexity index is 699. The predicted octanol–water partition coefficient (Wildman–Crippen LogP) is 4.92. The molecule has 0 aromatic heterocycles. The number of carbonyl (C=O) groups is 1. The Kier molecular flexibility index (Phi) is 3.75. The van der Waals surface area contributed by atoms with Gasteiger partial charge in [0.1, 0.15) is 0 Å². The van der Waals surface area contributed by atoms with Gasteiger partial charge in [0.15, 0.2) is 0 Å². The summed E-state index contributed by atoms with van der Waals surface area (Å²) in [5.74, 6) is 0.688. The van der Waals surface area contributed by atoms with Crippen LogP contribution in [-0.2, 0) is 10.2 Å². The van der Waals surface area contributed by atoms with E-state index < -0.39 is 10.8 Å². The van der Waals surface area contributed by atoms with Gasteiger partial charge in [0.05, 0.1) is 12.1 Å². The van der Waals surface area contributed by atoms with Gasteiger partial charge in [-0.3, -0.25) is 9.18 Å². The highest BCUT2D eigenvalue weighted by atomic mass is 19.1. The molecule has 0 spiro atoms. The lowest BCUT2D eigenvalue weighted by Gasteiger charge is -2.41. The minimum Gasteiger partial charge on any atom is -0.353 e. The van der Waals surface area contributed by atoms with E-state index in [2.05, 4.69) is 29.6 Å². The molecule has 5 aliphatic rings. The molecule has 4 atom stereocenters. The van der Waals surface area contributed by atoms with Crippen molar-refractivity contribution in [3.05, 3.63) is 35.9 Å². The fourth-order valence-corrected chi connectivity index (χ4v) is 7.49. The molecule has 4 bridgehead atoms. The van der Waals surface area contributed by atoms with Crippen LogP contribution in [0, 0.1) is 16.7 Å². The van der Waals surface area contributed by atoms with Gasteiger partial charge in [-0.15, -0.1) is 0 Å². The molecule has 2 unspecified atom stereocenters. The molecule has 1 aromatic rings. The summed E-state index contributed by atoms with van der Waals surface area (Å²) >= 11 is 0. The summed E-state index contributed by atoms with van der Waals surface area (Å²) in [5.41, 5.74) is 0.440. The molecule has 0 heterocycles. The van der Waals surface area contributed by atoms with Crippen molar-refractivity contribution in [2.75, 3.05) is 6.67 Å². The van der Waals surface area contributed by atoms with Crippen molar-refractivity contribution in [2.24, 2.45) is 16.7 Å². The zero-order valence-corrected chi connectivity index (χ0v) is 15.6. The SMILES string of the molecule is O=C(NC1CCCCC1)C12CC3C[C@](c4ccccc4)(C1)C[C@@]2(CF)C3. The topological polar surface area (TPSA) is 29.1 Å². The fourth-order valence-electron chi connectivity index (χ4n) is 7.49. The molecule has 3 heteroatoms. The summed E-state index contributed by atoms with van der Waals surface area (Å²) in [6, 6.07) is 10.9. The third-order valence-corrected chi connectivity index (χ3v) is 8.35. The quantitative estimate of drug-likeness (QED) is 0.816. The lowest BCUT2D eigenvalue weighted by Crippen LogP contribution is -2.51. The smallest absolute Gasteiger partial charge is 0.227 e. The zero-order valence-electron chi connectivity index (χ0n) is 15.6. The number of nitrogens with one attached hydrogen (secondary N) is 1. The van der Waals surface area contributed by atoms with Crippen LogP contribution in [0.3, 0.4) is 0 Å². The van der Waals surface area contributed by atoms with Gasteiger partial charge >= 0.3 is 0 Å². The Hall–Kier alpha value is -1.38. The fraction of sp³-hybridized carbons (Fsp3) is 0.696. The zero-order chi connectivity index (χ0) is 17.8. The largest absolute Gasteiger partial charge is 0.353 e. The first-order chi connectivity index (χ1) is 12.6. The van der Waals surface area contributed by atoms with E-state index in [1.165, 1.54) is 24.8 Å². The first-order valence-corrected chi connectivity index (χ1v) is 10.5. The number of hydrogen-bond acceptors (Lipinski definition) is 1. The summed E-state index contributed by atoms with van der Waals surface area (Å²) < 4.78 is 14.5. The van der Waals surface area contributed by atoms with Crippen molar-refractivity contribution in [1.29, 1.82) is 0 Å². The van der Waals surface area contributed by atoms with Gasteiger partial charge < -0.3 is 5.32 Å². The monoisotopic (exact) mass is 355 g/mol. The van der Waals surface area contributed by atoms with E-state index in [9.17, 15) is 9.18 Å². The highest BCUT2D eigenvalue weighted by molar-refractivity contribution is 5.86. The first kappa shape index (κ1) is 16.8. The van der Waals surface area contributed by atoms with Crippen LogP contribution in [0.4, 0.5) is 4.39 Å². The van der Waals surface area contributed by atoms with Crippen molar-refractivity contribution in [3.8, 4) is 0 Å². The van der Waals surface area contributed by atoms with Crippen molar-refractivity contribution in [3.63, 3.8) is 0 Å². The van der Waals surface area contributed by atoms with Crippen molar-refractivity contribution in [2.45, 2.75) is 75.7 Å². The lowest BCUT2D eigenvalue weighted by atomic mass is 9.63. The second-order valence-electron chi connectivity index (χ2n) is 9.78. The molecule has 0 radical (unpaired) electrons. The van der Waals surface area contributed by atoms with Gasteiger partial charge in [0.2, 0.25) is 5.91 Å². The number of benzene rings is 1. The predicted molar refractivity (Wildman–Crippen MR) is 101 cm³/mol. The molecule has 1 N–H and O–H groups in total. The molecular formula is C23H30FNO. The van der Waals surface area contributed by atoms with Crippen LogP contribution >= 0.6 is 0 Å². The van der Waals surface area contributed by atoms with E-state index in [-0.39, 0.29) is 18.0 Å². The molecule has 0 saturated heterocycles. The second kappa shape index (κ2) is 5.81. The highest BCUT2D eigenvalue weighted by Crippen LogP contribution is 2.76. The van der Waals surface area contributed by atoms with Gasteiger partial charge in [-0.2, -0.15) is 0 Å². The Labute approximate surface area is 155 Å². The standard InChI is InChI=1S/C23H30FNO/c24-16-22-12-17-11-21(14-22,18-7-3-1-4-8-18)15-23(22,13-17)20(26)25-19-9-5-2-6-10-19/h1,3-4,7-8,17,19H,2,5-6,9-16H2,(H,25,26)/t17?,21-,22-,23?/m1/s1. The Morgan fingerprint density at radius 1 is 1.04 bits per heavy atom. The van der Waals surface area contributed by atoms with Crippen LogP contribution in [0.2, 0.25) is 0 Å². The van der Waals surface area contributed by atoms with E-state index in [4.69, 9.17) is 0 Å². The third kappa shape index (κ3) is 2.18. The molecule has 1 amide bonds. The maximum absolute atomic E-state index is 14.5. The van der Waals surface area contributed by atoms with E-state index >= 15 is 0 Å². The van der Waals surface area contributed by atoms with Crippen LogP contribution < -0.4 is 5.32 Å². The third-order valence-electron chi connectivity index (χ3n) is 8.35. The Morgan fingerprint density at radius 2 is 1.81 bits per heavy atom. The second-order valence-corrected chi connectivity index (χ2v) is 9.78. The molecule has 0 aliphatic heterocycles. The van der Waals surface area contributed by atoms with Crippen molar-refractivity contribution < 1.29 is 9.18 Å². The number of amides is 1. The maximum atomic E-state index is 14.5. The average molecular weight is 355 g/mol. The first-order valence-electron chi connectivity index (χ1n) is 10.5. The summed E-state index contributed by atoms with van der Waals surface area (Å²) in [6.07, 6.45) is 10.6. The number of halogens is 1. The van der Waals surface area contributed by atoms with Gasteiger partial charge in [0, 0.05) is 11.5 Å². The molecule has 5 aliphatic carbocycles. The molecule has 5 saturated carbocycles. The summed E-state index contributed by atoms with van der Waals surface area (Å²) in [7, 11) is 0. The van der Waals surface area contributed by atoms with Crippen molar-refractivity contribution >= 4 is 5.91 Å². The van der Waals surface area contributed by atoms with E-state index in [0.717, 1.165) is 44.9 Å². The molecule has 140 valence electrons. The van der Waals surface area contributed by atoms with E-state index in [0.29, 0.717) is 12.0 Å². The van der Waals surface area contributed by atoms with Crippen LogP contribution in [0.15, 0.2) is 30.3 Å². The minimum atomic E-state index is -0.474. The Morgan fingerprint density at radius 3 is 2.54 bits per heavy atom. The number of alkyl halides is 1.